The van der Waals surface area contributed by atoms with Crippen molar-refractivity contribution < 1.29 is 27.5 Å². The Bertz CT molecular complexity index is 681. The van der Waals surface area contributed by atoms with Crippen LogP contribution < -0.4 is 0 Å². The average molecular weight is 331 g/mol. The van der Waals surface area contributed by atoms with Crippen molar-refractivity contribution in [2.24, 2.45) is 0 Å². The second-order valence-electron chi connectivity index (χ2n) is 4.29. The first-order chi connectivity index (χ1) is 10.4. The summed E-state index contributed by atoms with van der Waals surface area (Å²) in [5.74, 6) is -7.47. The molecule has 1 aromatic carbocycles. The maximum atomic E-state index is 13.5. The summed E-state index contributed by atoms with van der Waals surface area (Å²) in [7, 11) is 0. The van der Waals surface area contributed by atoms with E-state index in [-0.39, 0.29) is 6.42 Å². The molecule has 0 spiro atoms. The Morgan fingerprint density at radius 3 is 2.09 bits per heavy atom. The minimum Gasteiger partial charge on any atom is -0.481 e. The molecule has 1 N–H and O–H groups in total. The predicted molar refractivity (Wildman–Crippen MR) is 70.6 cm³/mol. The Morgan fingerprint density at radius 2 is 1.59 bits per heavy atom. The van der Waals surface area contributed by atoms with Crippen molar-refractivity contribution in [2.75, 3.05) is 0 Å². The molecular weight excluding hydrogens is 322 g/mol. The first-order valence-corrected chi connectivity index (χ1v) is 6.88. The zero-order chi connectivity index (χ0) is 16.3. The molecule has 0 saturated carbocycles. The van der Waals surface area contributed by atoms with Crippen molar-refractivity contribution in [1.29, 1.82) is 0 Å². The minimum atomic E-state index is -1.71. The highest BCUT2D eigenvalue weighted by atomic mass is 32.2. The number of carboxylic acid groups (broad SMARTS) is 1. The lowest BCUT2D eigenvalue weighted by atomic mass is 10.1. The van der Waals surface area contributed by atoms with E-state index in [9.17, 15) is 22.4 Å². The van der Waals surface area contributed by atoms with Crippen LogP contribution in [-0.2, 0) is 11.2 Å². The van der Waals surface area contributed by atoms with Gasteiger partial charge < -0.3 is 5.11 Å². The number of rotatable bonds is 5. The fourth-order valence-corrected chi connectivity index (χ4v) is 2.51. The third-order valence-corrected chi connectivity index (χ3v) is 3.80. The van der Waals surface area contributed by atoms with Crippen LogP contribution in [0.1, 0.15) is 12.0 Å². The molecule has 0 amide bonds. The number of hydrogen-bond acceptors (Lipinski definition) is 3. The number of aliphatic carboxylic acids is 1. The predicted octanol–water partition coefficient (Wildman–Crippen LogP) is 3.81. The quantitative estimate of drug-likeness (QED) is 0.669. The number of carboxylic acids is 1. The summed E-state index contributed by atoms with van der Waals surface area (Å²) in [6, 6.07) is 6.12. The maximum Gasteiger partial charge on any atom is 0.303 e. The van der Waals surface area contributed by atoms with Crippen LogP contribution in [0, 0.1) is 23.5 Å². The van der Waals surface area contributed by atoms with E-state index in [2.05, 4.69) is 4.98 Å². The zero-order valence-corrected chi connectivity index (χ0v) is 11.8. The highest BCUT2D eigenvalue weighted by Gasteiger charge is 2.21. The molecule has 1 heterocycles. The third-order valence-electron chi connectivity index (χ3n) is 2.73. The van der Waals surface area contributed by atoms with Gasteiger partial charge in [-0.2, -0.15) is 13.8 Å². The second kappa shape index (κ2) is 6.78. The molecule has 2 aromatic rings. The number of nitrogens with zero attached hydrogens (tertiary/aromatic N) is 1. The minimum absolute atomic E-state index is 0.0451. The SMILES string of the molecule is O=C(O)CCc1ccc(Sc2c(F)c(F)nc(F)c2F)cc1. The lowest BCUT2D eigenvalue weighted by Gasteiger charge is -2.06. The number of aromatic nitrogens is 1. The summed E-state index contributed by atoms with van der Waals surface area (Å²) in [6.45, 7) is 0. The van der Waals surface area contributed by atoms with Crippen molar-refractivity contribution in [3.8, 4) is 0 Å². The number of carbonyl (C=O) groups is 1. The lowest BCUT2D eigenvalue weighted by Crippen LogP contribution is -2.02. The van der Waals surface area contributed by atoms with E-state index in [1.807, 2.05) is 0 Å². The fourth-order valence-electron chi connectivity index (χ4n) is 1.65. The number of halogens is 4. The van der Waals surface area contributed by atoms with Gasteiger partial charge in [-0.05, 0) is 24.1 Å². The number of hydrogen-bond donors (Lipinski definition) is 1. The standard InChI is InChI=1S/C14H9F4NO2S/c15-10-12(11(16)14(18)19-13(10)17)22-8-4-1-7(2-5-8)3-6-9(20)21/h1-2,4-5H,3,6H2,(H,20,21). The third kappa shape index (κ3) is 3.76. The van der Waals surface area contributed by atoms with Gasteiger partial charge in [0, 0.05) is 11.3 Å². The molecule has 0 saturated heterocycles. The van der Waals surface area contributed by atoms with E-state index in [4.69, 9.17) is 5.11 Å². The molecule has 0 bridgehead atoms. The molecule has 3 nitrogen and oxygen atoms in total. The van der Waals surface area contributed by atoms with Crippen LogP contribution in [0.25, 0.3) is 0 Å². The maximum absolute atomic E-state index is 13.5. The van der Waals surface area contributed by atoms with Crippen molar-refractivity contribution in [3.05, 3.63) is 53.4 Å². The lowest BCUT2D eigenvalue weighted by molar-refractivity contribution is -0.136. The van der Waals surface area contributed by atoms with Crippen molar-refractivity contribution >= 4 is 17.7 Å². The molecule has 0 fully saturated rings. The van der Waals surface area contributed by atoms with E-state index in [0.717, 1.165) is 5.56 Å². The molecule has 8 heteroatoms. The van der Waals surface area contributed by atoms with Crippen molar-refractivity contribution in [2.45, 2.75) is 22.6 Å². The normalized spacial score (nSPS) is 10.7. The molecule has 0 atom stereocenters. The van der Waals surface area contributed by atoms with Crippen LogP contribution in [0.2, 0.25) is 0 Å². The van der Waals surface area contributed by atoms with E-state index in [0.29, 0.717) is 23.1 Å². The Balaban J connectivity index is 2.20. The van der Waals surface area contributed by atoms with Gasteiger partial charge in [-0.15, -0.1) is 0 Å². The number of benzene rings is 1. The van der Waals surface area contributed by atoms with Gasteiger partial charge in [0.25, 0.3) is 11.9 Å². The molecule has 0 unspecified atom stereocenters. The Hall–Kier alpha value is -2.09. The van der Waals surface area contributed by atoms with E-state index >= 15 is 0 Å². The zero-order valence-electron chi connectivity index (χ0n) is 10.9. The van der Waals surface area contributed by atoms with Gasteiger partial charge in [-0.25, -0.2) is 8.78 Å². The van der Waals surface area contributed by atoms with Crippen molar-refractivity contribution in [3.63, 3.8) is 0 Å². The van der Waals surface area contributed by atoms with Crippen LogP contribution in [-0.4, -0.2) is 16.1 Å². The van der Waals surface area contributed by atoms with E-state index < -0.39 is 34.4 Å². The Kier molecular flexibility index (Phi) is 5.02. The summed E-state index contributed by atoms with van der Waals surface area (Å²) in [5.41, 5.74) is 0.722. The summed E-state index contributed by atoms with van der Waals surface area (Å²) in [4.78, 5) is 12.5. The van der Waals surface area contributed by atoms with Crippen molar-refractivity contribution in [1.82, 2.24) is 4.98 Å². The smallest absolute Gasteiger partial charge is 0.303 e. The van der Waals surface area contributed by atoms with Gasteiger partial charge in [-0.1, -0.05) is 23.9 Å². The summed E-state index contributed by atoms with van der Waals surface area (Å²) in [5, 5.41) is 8.57. The summed E-state index contributed by atoms with van der Waals surface area (Å²) in [6.07, 6.45) is 0.262. The Labute approximate surface area is 127 Å². The second-order valence-corrected chi connectivity index (χ2v) is 5.37. The van der Waals surface area contributed by atoms with Gasteiger partial charge >= 0.3 is 5.97 Å². The monoisotopic (exact) mass is 331 g/mol. The molecule has 2 rings (SSSR count). The molecular formula is C14H9F4NO2S. The van der Waals surface area contributed by atoms with E-state index in [1.165, 1.54) is 12.1 Å². The molecule has 1 aromatic heterocycles. The van der Waals surface area contributed by atoms with Crippen LogP contribution >= 0.6 is 11.8 Å². The van der Waals surface area contributed by atoms with Gasteiger partial charge in [0.05, 0.1) is 4.90 Å². The molecule has 0 aliphatic rings. The van der Waals surface area contributed by atoms with E-state index in [1.54, 1.807) is 12.1 Å². The Morgan fingerprint density at radius 1 is 1.05 bits per heavy atom. The molecule has 0 radical (unpaired) electrons. The fraction of sp³-hybridized carbons (Fsp3) is 0.143. The van der Waals surface area contributed by atoms with Gasteiger partial charge in [0.2, 0.25) is 0 Å². The van der Waals surface area contributed by atoms with Crippen LogP contribution in [0.3, 0.4) is 0 Å². The van der Waals surface area contributed by atoms with Gasteiger partial charge in [-0.3, -0.25) is 4.79 Å². The van der Waals surface area contributed by atoms with Crippen LogP contribution in [0.4, 0.5) is 17.6 Å². The van der Waals surface area contributed by atoms with Crippen LogP contribution in [0.15, 0.2) is 34.1 Å². The summed E-state index contributed by atoms with van der Waals surface area (Å²) < 4.78 is 53.0. The average Bonchev–Trinajstić information content (AvgIpc) is 2.48. The number of pyridine rings is 1. The van der Waals surface area contributed by atoms with Gasteiger partial charge in [0.1, 0.15) is 0 Å². The summed E-state index contributed by atoms with van der Waals surface area (Å²) >= 11 is 0.516. The largest absolute Gasteiger partial charge is 0.481 e. The first kappa shape index (κ1) is 16.3. The highest BCUT2D eigenvalue weighted by Crippen LogP contribution is 2.33. The molecule has 116 valence electrons. The number of aryl methyl sites for hydroxylation is 1. The topological polar surface area (TPSA) is 50.2 Å². The molecule has 0 aliphatic carbocycles. The first-order valence-electron chi connectivity index (χ1n) is 6.07. The molecule has 0 aliphatic heterocycles. The van der Waals surface area contributed by atoms with Gasteiger partial charge in [0.15, 0.2) is 11.6 Å². The van der Waals surface area contributed by atoms with Crippen LogP contribution in [0.5, 0.6) is 0 Å². The molecule has 22 heavy (non-hydrogen) atoms. The highest BCUT2D eigenvalue weighted by molar-refractivity contribution is 7.99.